The van der Waals surface area contributed by atoms with Crippen molar-refractivity contribution in [2.24, 2.45) is 0 Å². The van der Waals surface area contributed by atoms with Crippen molar-refractivity contribution in [3.8, 4) is 0 Å². The molecule has 1 amide bonds. The highest BCUT2D eigenvalue weighted by atomic mass is 79.9. The van der Waals surface area contributed by atoms with Crippen molar-refractivity contribution >= 4 is 27.8 Å². The van der Waals surface area contributed by atoms with E-state index in [-0.39, 0.29) is 16.7 Å². The van der Waals surface area contributed by atoms with Gasteiger partial charge < -0.3 is 9.64 Å². The lowest BCUT2D eigenvalue weighted by atomic mass is 10.2. The maximum absolute atomic E-state index is 11.3. The molecule has 0 N–H and O–H groups in total. The summed E-state index contributed by atoms with van der Waals surface area (Å²) in [5.74, 6) is -0.103. The Morgan fingerprint density at radius 3 is 2.50 bits per heavy atom. The Morgan fingerprint density at radius 2 is 2.00 bits per heavy atom. The van der Waals surface area contributed by atoms with Crippen LogP contribution in [-0.4, -0.2) is 41.8 Å². The second-order valence-electron chi connectivity index (χ2n) is 3.53. The number of hydrogen-bond acceptors (Lipinski definition) is 3. The van der Waals surface area contributed by atoms with Crippen LogP contribution in [0.2, 0.25) is 0 Å². The number of halogens is 1. The van der Waals surface area contributed by atoms with E-state index < -0.39 is 0 Å². The maximum Gasteiger partial charge on any atom is 0.319 e. The standard InChI is InChI=1S/C11H20BrNO3/c1-4-10(14)13(3)8-6-7-9(12)11(15)16-5-2/h9H,4-8H2,1-3H3. The summed E-state index contributed by atoms with van der Waals surface area (Å²) in [6, 6.07) is 0. The van der Waals surface area contributed by atoms with Crippen LogP contribution < -0.4 is 0 Å². The summed E-state index contributed by atoms with van der Waals surface area (Å²) in [6.45, 7) is 4.69. The van der Waals surface area contributed by atoms with E-state index in [1.165, 1.54) is 0 Å². The van der Waals surface area contributed by atoms with Crippen molar-refractivity contribution in [1.29, 1.82) is 0 Å². The fraction of sp³-hybridized carbons (Fsp3) is 0.818. The molecule has 0 aromatic rings. The number of esters is 1. The van der Waals surface area contributed by atoms with E-state index in [1.54, 1.807) is 18.9 Å². The number of amides is 1. The summed E-state index contributed by atoms with van der Waals surface area (Å²) in [6.07, 6.45) is 1.99. The lowest BCUT2D eigenvalue weighted by Gasteiger charge is -2.16. The fourth-order valence-corrected chi connectivity index (χ4v) is 1.71. The predicted molar refractivity (Wildman–Crippen MR) is 66.5 cm³/mol. The molecule has 0 aliphatic rings. The van der Waals surface area contributed by atoms with Crippen LogP contribution >= 0.6 is 15.9 Å². The van der Waals surface area contributed by atoms with Gasteiger partial charge >= 0.3 is 5.97 Å². The van der Waals surface area contributed by atoms with Gasteiger partial charge in [-0.2, -0.15) is 0 Å². The molecule has 0 aromatic carbocycles. The summed E-state index contributed by atoms with van der Waals surface area (Å²) >= 11 is 3.27. The van der Waals surface area contributed by atoms with Crippen molar-refractivity contribution in [3.63, 3.8) is 0 Å². The second-order valence-corrected chi connectivity index (χ2v) is 4.64. The monoisotopic (exact) mass is 293 g/mol. The molecule has 0 aliphatic carbocycles. The molecular formula is C11H20BrNO3. The molecule has 5 heteroatoms. The Morgan fingerprint density at radius 1 is 1.38 bits per heavy atom. The number of rotatable bonds is 7. The minimum Gasteiger partial charge on any atom is -0.465 e. The second kappa shape index (κ2) is 8.56. The summed E-state index contributed by atoms with van der Waals surface area (Å²) in [7, 11) is 1.78. The molecule has 16 heavy (non-hydrogen) atoms. The molecule has 1 unspecified atom stereocenters. The van der Waals surface area contributed by atoms with Crippen LogP contribution in [-0.2, 0) is 14.3 Å². The third-order valence-corrected chi connectivity index (χ3v) is 3.05. The third-order valence-electron chi connectivity index (χ3n) is 2.22. The van der Waals surface area contributed by atoms with Crippen LogP contribution in [0.3, 0.4) is 0 Å². The Kier molecular flexibility index (Phi) is 8.25. The van der Waals surface area contributed by atoms with Crippen molar-refractivity contribution in [3.05, 3.63) is 0 Å². The van der Waals surface area contributed by atoms with Crippen LogP contribution in [0.5, 0.6) is 0 Å². The molecule has 0 fully saturated rings. The van der Waals surface area contributed by atoms with Crippen molar-refractivity contribution in [2.45, 2.75) is 37.9 Å². The van der Waals surface area contributed by atoms with E-state index in [1.807, 2.05) is 6.92 Å². The first-order valence-corrected chi connectivity index (χ1v) is 6.49. The molecule has 0 heterocycles. The van der Waals surface area contributed by atoms with Gasteiger partial charge in [-0.05, 0) is 19.8 Å². The van der Waals surface area contributed by atoms with Crippen molar-refractivity contribution in [1.82, 2.24) is 4.90 Å². The van der Waals surface area contributed by atoms with Gasteiger partial charge in [0.25, 0.3) is 0 Å². The maximum atomic E-state index is 11.3. The Bertz CT molecular complexity index is 233. The average molecular weight is 294 g/mol. The number of carbonyl (C=O) groups excluding carboxylic acids is 2. The summed E-state index contributed by atoms with van der Waals surface area (Å²) in [5.41, 5.74) is 0. The summed E-state index contributed by atoms with van der Waals surface area (Å²) in [5, 5.41) is 0. The van der Waals surface area contributed by atoms with Gasteiger partial charge in [0, 0.05) is 20.0 Å². The fourth-order valence-electron chi connectivity index (χ4n) is 1.25. The first-order valence-electron chi connectivity index (χ1n) is 5.57. The number of hydrogen-bond donors (Lipinski definition) is 0. The minimum atomic E-state index is -0.266. The Balaban J connectivity index is 3.73. The van der Waals surface area contributed by atoms with Crippen LogP contribution in [0.4, 0.5) is 0 Å². The summed E-state index contributed by atoms with van der Waals surface area (Å²) < 4.78 is 4.86. The lowest BCUT2D eigenvalue weighted by Crippen LogP contribution is -2.28. The largest absolute Gasteiger partial charge is 0.465 e. The quantitative estimate of drug-likeness (QED) is 0.532. The Labute approximate surface area is 105 Å². The molecule has 0 radical (unpaired) electrons. The molecule has 0 saturated heterocycles. The van der Waals surface area contributed by atoms with Crippen LogP contribution in [0.25, 0.3) is 0 Å². The van der Waals surface area contributed by atoms with E-state index in [9.17, 15) is 9.59 Å². The van der Waals surface area contributed by atoms with Gasteiger partial charge in [0.15, 0.2) is 0 Å². The van der Waals surface area contributed by atoms with Gasteiger partial charge in [0.2, 0.25) is 5.91 Å². The highest BCUT2D eigenvalue weighted by Gasteiger charge is 2.16. The van der Waals surface area contributed by atoms with E-state index in [2.05, 4.69) is 15.9 Å². The SMILES string of the molecule is CCOC(=O)C(Br)CCCN(C)C(=O)CC. The lowest BCUT2D eigenvalue weighted by molar-refractivity contribution is -0.142. The topological polar surface area (TPSA) is 46.6 Å². The zero-order valence-electron chi connectivity index (χ0n) is 10.2. The molecule has 0 rings (SSSR count). The predicted octanol–water partition coefficient (Wildman–Crippen LogP) is 1.96. The molecule has 1 atom stereocenters. The zero-order chi connectivity index (χ0) is 12.6. The number of carbonyl (C=O) groups is 2. The highest BCUT2D eigenvalue weighted by Crippen LogP contribution is 2.10. The molecule has 0 aliphatic heterocycles. The van der Waals surface area contributed by atoms with Gasteiger partial charge in [-0.1, -0.05) is 22.9 Å². The molecule has 0 bridgehead atoms. The van der Waals surface area contributed by atoms with Gasteiger partial charge in [0.1, 0.15) is 4.83 Å². The minimum absolute atomic E-state index is 0.127. The smallest absolute Gasteiger partial charge is 0.319 e. The van der Waals surface area contributed by atoms with Gasteiger partial charge in [-0.3, -0.25) is 9.59 Å². The van der Waals surface area contributed by atoms with Gasteiger partial charge in [-0.15, -0.1) is 0 Å². The number of nitrogens with zero attached hydrogens (tertiary/aromatic N) is 1. The molecule has 0 saturated carbocycles. The highest BCUT2D eigenvalue weighted by molar-refractivity contribution is 9.10. The molecule has 4 nitrogen and oxygen atoms in total. The first-order chi connectivity index (χ1) is 7.52. The van der Waals surface area contributed by atoms with Crippen LogP contribution in [0, 0.1) is 0 Å². The number of alkyl halides is 1. The van der Waals surface area contributed by atoms with Crippen LogP contribution in [0.15, 0.2) is 0 Å². The summed E-state index contributed by atoms with van der Waals surface area (Å²) in [4.78, 5) is 23.9. The zero-order valence-corrected chi connectivity index (χ0v) is 11.7. The molecule has 94 valence electrons. The van der Waals surface area contributed by atoms with Crippen molar-refractivity contribution in [2.75, 3.05) is 20.2 Å². The van der Waals surface area contributed by atoms with Gasteiger partial charge in [-0.25, -0.2) is 0 Å². The first kappa shape index (κ1) is 15.4. The van der Waals surface area contributed by atoms with Crippen molar-refractivity contribution < 1.29 is 14.3 Å². The van der Waals surface area contributed by atoms with E-state index in [0.29, 0.717) is 26.0 Å². The van der Waals surface area contributed by atoms with Gasteiger partial charge in [0.05, 0.1) is 6.61 Å². The molecule has 0 spiro atoms. The Hall–Kier alpha value is -0.580. The van der Waals surface area contributed by atoms with E-state index >= 15 is 0 Å². The van der Waals surface area contributed by atoms with Crippen LogP contribution in [0.1, 0.15) is 33.1 Å². The molecule has 0 aromatic heterocycles. The molecular weight excluding hydrogens is 274 g/mol. The van der Waals surface area contributed by atoms with E-state index in [0.717, 1.165) is 6.42 Å². The van der Waals surface area contributed by atoms with E-state index in [4.69, 9.17) is 4.74 Å². The number of ether oxygens (including phenoxy) is 1. The normalized spacial score (nSPS) is 12.0. The third kappa shape index (κ3) is 6.10. The average Bonchev–Trinajstić information content (AvgIpc) is 2.27.